The predicted molar refractivity (Wildman–Crippen MR) is 89.5 cm³/mol. The number of rotatable bonds is 3. The zero-order valence-electron chi connectivity index (χ0n) is 13.7. The lowest BCUT2D eigenvalue weighted by molar-refractivity contribution is -0.159. The number of ether oxygens (including phenoxy) is 3. The molecule has 1 fully saturated rings. The molecule has 1 aliphatic heterocycles. The van der Waals surface area contributed by atoms with Gasteiger partial charge in [-0.2, -0.15) is 0 Å². The summed E-state index contributed by atoms with van der Waals surface area (Å²) in [6.45, 7) is 4.01. The molecule has 3 rings (SSSR count). The molecule has 0 amide bonds. The molecule has 4 nitrogen and oxygen atoms in total. The summed E-state index contributed by atoms with van der Waals surface area (Å²) in [5, 5.41) is 10.3. The van der Waals surface area contributed by atoms with Crippen LogP contribution in [0, 0.1) is 23.7 Å². The Labute approximate surface area is 142 Å². The van der Waals surface area contributed by atoms with E-state index in [4.69, 9.17) is 14.2 Å². The lowest BCUT2D eigenvalue weighted by Gasteiger charge is -2.24. The number of benzene rings is 1. The maximum Gasteiger partial charge on any atom is 0.164 e. The van der Waals surface area contributed by atoms with Crippen molar-refractivity contribution >= 4 is 0 Å². The highest BCUT2D eigenvalue weighted by Crippen LogP contribution is 2.33. The molecule has 1 aromatic carbocycles. The van der Waals surface area contributed by atoms with Crippen LogP contribution in [0.4, 0.5) is 0 Å². The molecule has 24 heavy (non-hydrogen) atoms. The largest absolute Gasteiger partial charge is 0.377 e. The van der Waals surface area contributed by atoms with Crippen molar-refractivity contribution in [3.05, 3.63) is 48.0 Å². The molecule has 0 saturated carbocycles. The van der Waals surface area contributed by atoms with Gasteiger partial charge in [-0.25, -0.2) is 0 Å². The third-order valence-corrected chi connectivity index (χ3v) is 3.75. The average Bonchev–Trinajstić information content (AvgIpc) is 2.89. The number of allylic oxidation sites excluding steroid dienone is 2. The van der Waals surface area contributed by atoms with Crippen LogP contribution in [-0.4, -0.2) is 35.3 Å². The molecule has 0 bridgehead atoms. The van der Waals surface area contributed by atoms with E-state index in [0.29, 0.717) is 6.61 Å². The molecule has 1 heterocycles. The van der Waals surface area contributed by atoms with Crippen LogP contribution in [0.3, 0.4) is 0 Å². The molecule has 124 valence electrons. The number of hydrogen-bond acceptors (Lipinski definition) is 4. The van der Waals surface area contributed by atoms with Crippen molar-refractivity contribution < 1.29 is 19.3 Å². The molecule has 0 spiro atoms. The van der Waals surface area contributed by atoms with E-state index in [1.54, 1.807) is 26.0 Å². The second-order valence-electron chi connectivity index (χ2n) is 6.14. The van der Waals surface area contributed by atoms with Crippen LogP contribution in [0.15, 0.2) is 42.5 Å². The van der Waals surface area contributed by atoms with E-state index in [2.05, 4.69) is 23.7 Å². The van der Waals surface area contributed by atoms with Crippen molar-refractivity contribution in [1.82, 2.24) is 0 Å². The summed E-state index contributed by atoms with van der Waals surface area (Å²) >= 11 is 0. The van der Waals surface area contributed by atoms with Crippen LogP contribution in [0.25, 0.3) is 0 Å². The molecule has 1 aliphatic carbocycles. The molecule has 0 radical (unpaired) electrons. The van der Waals surface area contributed by atoms with Crippen molar-refractivity contribution in [1.29, 1.82) is 0 Å². The molecule has 4 heteroatoms. The van der Waals surface area contributed by atoms with Gasteiger partial charge in [0.05, 0.1) is 6.61 Å². The first-order valence-electron chi connectivity index (χ1n) is 7.91. The quantitative estimate of drug-likeness (QED) is 0.865. The van der Waals surface area contributed by atoms with Crippen molar-refractivity contribution in [3.63, 3.8) is 0 Å². The summed E-state index contributed by atoms with van der Waals surface area (Å²) in [7, 11) is 0. The van der Waals surface area contributed by atoms with Gasteiger partial charge in [0, 0.05) is 0 Å². The standard InChI is InChI=1S/C20H20O4/c1-20(2)23-18-16(21)12-8-3-4-9-13-17(19(18)24-20)22-14-15-10-6-5-7-11-15/h3-7,10-11,16-19,21H,14H2,1-2H3/b4-3-/t16-,17+,18-,19-/m0/s1. The van der Waals surface area contributed by atoms with E-state index in [-0.39, 0.29) is 0 Å². The summed E-state index contributed by atoms with van der Waals surface area (Å²) in [6.07, 6.45) is 0.604. The summed E-state index contributed by atoms with van der Waals surface area (Å²) in [4.78, 5) is 0. The zero-order valence-corrected chi connectivity index (χ0v) is 13.7. The van der Waals surface area contributed by atoms with Crippen molar-refractivity contribution in [2.24, 2.45) is 0 Å². The monoisotopic (exact) mass is 324 g/mol. The zero-order chi connectivity index (χ0) is 17.0. The van der Waals surface area contributed by atoms with Crippen LogP contribution < -0.4 is 0 Å². The van der Waals surface area contributed by atoms with Gasteiger partial charge in [-0.3, -0.25) is 0 Å². The third kappa shape index (κ3) is 4.06. The fourth-order valence-electron chi connectivity index (χ4n) is 2.70. The highest BCUT2D eigenvalue weighted by Gasteiger charge is 2.48. The fourth-order valence-corrected chi connectivity index (χ4v) is 2.70. The Morgan fingerprint density at radius 2 is 1.71 bits per heavy atom. The number of hydrogen-bond donors (Lipinski definition) is 1. The van der Waals surface area contributed by atoms with E-state index in [1.165, 1.54) is 0 Å². The lowest BCUT2D eigenvalue weighted by Crippen LogP contribution is -2.42. The van der Waals surface area contributed by atoms with Crippen LogP contribution in [0.2, 0.25) is 0 Å². The minimum atomic E-state index is -0.968. The first kappa shape index (κ1) is 16.8. The smallest absolute Gasteiger partial charge is 0.164 e. The first-order valence-corrected chi connectivity index (χ1v) is 7.91. The Kier molecular flexibility index (Phi) is 5.04. The van der Waals surface area contributed by atoms with Crippen LogP contribution in [-0.2, 0) is 20.8 Å². The summed E-state index contributed by atoms with van der Waals surface area (Å²) < 4.78 is 17.8. The first-order chi connectivity index (χ1) is 11.6. The topological polar surface area (TPSA) is 47.9 Å². The summed E-state index contributed by atoms with van der Waals surface area (Å²) in [6, 6.07) is 9.85. The molecule has 1 aromatic rings. The number of aliphatic hydroxyl groups is 1. The molecule has 1 saturated heterocycles. The van der Waals surface area contributed by atoms with E-state index in [0.717, 1.165) is 5.56 Å². The van der Waals surface area contributed by atoms with Gasteiger partial charge in [-0.05, 0) is 31.6 Å². The Hall–Kier alpha value is -2.08. The normalized spacial score (nSPS) is 31.8. The van der Waals surface area contributed by atoms with Gasteiger partial charge in [0.25, 0.3) is 0 Å². The molecule has 2 aliphatic rings. The van der Waals surface area contributed by atoms with E-state index >= 15 is 0 Å². The highest BCUT2D eigenvalue weighted by atomic mass is 16.8. The van der Waals surface area contributed by atoms with Gasteiger partial charge in [-0.1, -0.05) is 54.0 Å². The fraction of sp³-hybridized carbons (Fsp3) is 0.400. The Bertz CT molecular complexity index is 715. The molecular weight excluding hydrogens is 304 g/mol. The SMILES string of the molecule is CC1(C)O[C@@H]2[C@@H](O1)[C@H](OCc1ccccc1)C#C/C=C\C#C[C@@H]2O. The summed E-state index contributed by atoms with van der Waals surface area (Å²) in [5.74, 6) is 10.6. The van der Waals surface area contributed by atoms with E-state index in [1.807, 2.05) is 30.3 Å². The Balaban J connectivity index is 1.83. The van der Waals surface area contributed by atoms with Crippen LogP contribution in [0.1, 0.15) is 19.4 Å². The molecule has 1 N–H and O–H groups in total. The molecular formula is C20H20O4. The van der Waals surface area contributed by atoms with Gasteiger partial charge >= 0.3 is 0 Å². The van der Waals surface area contributed by atoms with Gasteiger partial charge in [0.1, 0.15) is 24.4 Å². The lowest BCUT2D eigenvalue weighted by atomic mass is 10.0. The molecule has 4 atom stereocenters. The van der Waals surface area contributed by atoms with Gasteiger partial charge in [-0.15, -0.1) is 0 Å². The average molecular weight is 324 g/mol. The minimum Gasteiger partial charge on any atom is -0.377 e. The minimum absolute atomic E-state index is 0.401. The second kappa shape index (κ2) is 7.21. The second-order valence-corrected chi connectivity index (χ2v) is 6.14. The maximum absolute atomic E-state index is 10.3. The third-order valence-electron chi connectivity index (χ3n) is 3.75. The van der Waals surface area contributed by atoms with E-state index < -0.39 is 30.2 Å². The number of aliphatic hydroxyl groups excluding tert-OH is 1. The van der Waals surface area contributed by atoms with Gasteiger partial charge in [0.15, 0.2) is 5.79 Å². The predicted octanol–water partition coefficient (Wildman–Crippen LogP) is 2.03. The molecule has 0 unspecified atom stereocenters. The van der Waals surface area contributed by atoms with Gasteiger partial charge < -0.3 is 19.3 Å². The number of fused-ring (bicyclic) bond motifs is 1. The van der Waals surface area contributed by atoms with Crippen LogP contribution in [0.5, 0.6) is 0 Å². The van der Waals surface area contributed by atoms with Gasteiger partial charge in [0.2, 0.25) is 0 Å². The highest BCUT2D eigenvalue weighted by molar-refractivity contribution is 5.30. The summed E-state index contributed by atoms with van der Waals surface area (Å²) in [5.41, 5.74) is 1.04. The molecule has 0 aromatic heterocycles. The van der Waals surface area contributed by atoms with Crippen LogP contribution >= 0.6 is 0 Å². The van der Waals surface area contributed by atoms with Crippen molar-refractivity contribution in [3.8, 4) is 23.7 Å². The Morgan fingerprint density at radius 3 is 2.46 bits per heavy atom. The maximum atomic E-state index is 10.3. The van der Waals surface area contributed by atoms with Crippen molar-refractivity contribution in [2.75, 3.05) is 0 Å². The Morgan fingerprint density at radius 1 is 1.04 bits per heavy atom. The van der Waals surface area contributed by atoms with E-state index in [9.17, 15) is 5.11 Å². The van der Waals surface area contributed by atoms with Crippen molar-refractivity contribution in [2.45, 2.75) is 50.7 Å².